The van der Waals surface area contributed by atoms with Crippen LogP contribution in [0.2, 0.25) is 0 Å². The summed E-state index contributed by atoms with van der Waals surface area (Å²) in [5.74, 6) is 1.57. The van der Waals surface area contributed by atoms with Crippen molar-refractivity contribution < 1.29 is 4.42 Å². The summed E-state index contributed by atoms with van der Waals surface area (Å²) < 4.78 is 10.0. The Morgan fingerprint density at radius 2 is 1.35 bits per heavy atom. The molecule has 146 valence electrons. The number of imidazole rings is 1. The predicted molar refractivity (Wildman–Crippen MR) is 125 cm³/mol. The van der Waals surface area contributed by atoms with Gasteiger partial charge in [-0.3, -0.25) is 8.97 Å². The van der Waals surface area contributed by atoms with Gasteiger partial charge in [0.05, 0.1) is 17.2 Å². The summed E-state index contributed by atoms with van der Waals surface area (Å²) in [5, 5.41) is 4.85. The van der Waals surface area contributed by atoms with E-state index in [9.17, 15) is 0 Å². The molecule has 0 unspecified atom stereocenters. The monoisotopic (exact) mass is 399 g/mol. The first kappa shape index (κ1) is 16.5. The third-order valence-electron chi connectivity index (χ3n) is 6.05. The summed E-state index contributed by atoms with van der Waals surface area (Å²) in [4.78, 5) is 4.89. The number of nitrogens with zero attached hydrogens (tertiary/aromatic N) is 3. The van der Waals surface area contributed by atoms with E-state index >= 15 is 0 Å². The summed E-state index contributed by atoms with van der Waals surface area (Å²) in [6, 6.07) is 31.9. The molecule has 0 spiro atoms. The van der Waals surface area contributed by atoms with Gasteiger partial charge in [0, 0.05) is 16.3 Å². The van der Waals surface area contributed by atoms with E-state index in [0.29, 0.717) is 5.84 Å². The van der Waals surface area contributed by atoms with Crippen LogP contribution in [0.25, 0.3) is 55.5 Å². The number of oxazole rings is 1. The maximum atomic E-state index is 5.71. The zero-order valence-electron chi connectivity index (χ0n) is 16.6. The highest BCUT2D eigenvalue weighted by molar-refractivity contribution is 6.09. The molecule has 31 heavy (non-hydrogen) atoms. The molecule has 0 saturated carbocycles. The fraction of sp³-hybridized carbons (Fsp3) is 0. The number of benzene rings is 4. The number of para-hydroxylation sites is 2. The Morgan fingerprint density at radius 3 is 2.13 bits per heavy atom. The maximum Gasteiger partial charge on any atom is 0.308 e. The molecule has 0 bridgehead atoms. The first-order valence-corrected chi connectivity index (χ1v) is 10.3. The van der Waals surface area contributed by atoms with Crippen LogP contribution in [0.15, 0.2) is 108 Å². The van der Waals surface area contributed by atoms with E-state index in [1.165, 1.54) is 21.5 Å². The van der Waals surface area contributed by atoms with E-state index in [-0.39, 0.29) is 0 Å². The second-order valence-electron chi connectivity index (χ2n) is 7.77. The normalized spacial score (nSPS) is 11.9. The number of hydrogen-bond acceptors (Lipinski definition) is 2. The highest BCUT2D eigenvalue weighted by Gasteiger charge is 2.22. The topological polar surface area (TPSA) is 35.4 Å². The van der Waals surface area contributed by atoms with Gasteiger partial charge in [-0.15, -0.1) is 0 Å². The molecule has 0 atom stereocenters. The molecule has 0 fully saturated rings. The zero-order chi connectivity index (χ0) is 20.4. The summed E-state index contributed by atoms with van der Waals surface area (Å²) in [6.45, 7) is 0. The van der Waals surface area contributed by atoms with Crippen LogP contribution in [0.4, 0.5) is 0 Å². The molecule has 0 aliphatic heterocycles. The van der Waals surface area contributed by atoms with Crippen LogP contribution in [0.1, 0.15) is 0 Å². The molecular weight excluding hydrogens is 382 g/mol. The number of rotatable bonds is 2. The van der Waals surface area contributed by atoms with Gasteiger partial charge in [-0.25, -0.2) is 0 Å². The number of hydrogen-bond donors (Lipinski definition) is 0. The molecule has 7 rings (SSSR count). The Labute approximate surface area is 177 Å². The van der Waals surface area contributed by atoms with Gasteiger partial charge in [-0.2, -0.15) is 4.98 Å². The van der Waals surface area contributed by atoms with E-state index in [1.54, 1.807) is 6.26 Å². The van der Waals surface area contributed by atoms with Crippen molar-refractivity contribution in [1.29, 1.82) is 0 Å². The molecule has 3 aromatic heterocycles. The molecule has 0 N–H and O–H groups in total. The third kappa shape index (κ3) is 2.27. The smallest absolute Gasteiger partial charge is 0.308 e. The van der Waals surface area contributed by atoms with E-state index < -0.39 is 0 Å². The molecule has 0 aliphatic carbocycles. The van der Waals surface area contributed by atoms with Crippen LogP contribution >= 0.6 is 0 Å². The second-order valence-corrected chi connectivity index (χ2v) is 7.77. The Bertz CT molecular complexity index is 1700. The van der Waals surface area contributed by atoms with Crippen molar-refractivity contribution in [3.05, 3.63) is 103 Å². The van der Waals surface area contributed by atoms with Crippen molar-refractivity contribution in [3.8, 4) is 17.1 Å². The lowest BCUT2D eigenvalue weighted by molar-refractivity contribution is 0.596. The van der Waals surface area contributed by atoms with Crippen molar-refractivity contribution in [2.45, 2.75) is 0 Å². The Morgan fingerprint density at radius 1 is 0.677 bits per heavy atom. The molecule has 4 aromatic carbocycles. The minimum atomic E-state index is 0.583. The van der Waals surface area contributed by atoms with Crippen molar-refractivity contribution in [1.82, 2.24) is 14.0 Å². The minimum absolute atomic E-state index is 0.583. The van der Waals surface area contributed by atoms with Gasteiger partial charge in [-0.05, 0) is 29.0 Å². The quantitative estimate of drug-likeness (QED) is 0.319. The summed E-state index contributed by atoms with van der Waals surface area (Å²) >= 11 is 0. The Kier molecular flexibility index (Phi) is 3.24. The van der Waals surface area contributed by atoms with Crippen molar-refractivity contribution in [2.24, 2.45) is 0 Å². The minimum Gasteiger partial charge on any atom is -0.432 e. The third-order valence-corrected chi connectivity index (χ3v) is 6.05. The Balaban J connectivity index is 1.63. The van der Waals surface area contributed by atoms with Gasteiger partial charge in [-0.1, -0.05) is 72.8 Å². The van der Waals surface area contributed by atoms with E-state index in [4.69, 9.17) is 9.40 Å². The molecule has 0 aliphatic rings. The van der Waals surface area contributed by atoms with Gasteiger partial charge in [0.2, 0.25) is 0 Å². The van der Waals surface area contributed by atoms with Crippen LogP contribution in [0.5, 0.6) is 0 Å². The molecule has 7 aromatic rings. The lowest BCUT2D eigenvalue weighted by atomic mass is 10.0. The predicted octanol–water partition coefficient (Wildman–Crippen LogP) is 6.84. The maximum absolute atomic E-state index is 5.71. The summed E-state index contributed by atoms with van der Waals surface area (Å²) in [6.07, 6.45) is 3.62. The lowest BCUT2D eigenvalue weighted by Crippen LogP contribution is -2.00. The van der Waals surface area contributed by atoms with Gasteiger partial charge in [0.15, 0.2) is 5.82 Å². The highest BCUT2D eigenvalue weighted by atomic mass is 16.3. The second kappa shape index (κ2) is 6.09. The van der Waals surface area contributed by atoms with Crippen molar-refractivity contribution >= 4 is 38.4 Å². The SMILES string of the molecule is c1ccc2cc(-c3nc4occn4c3-n3c4ccccc4c4ccccc43)ccc2c1. The largest absolute Gasteiger partial charge is 0.432 e. The first-order valence-electron chi connectivity index (χ1n) is 10.3. The average Bonchev–Trinajstić information content (AvgIpc) is 3.50. The van der Waals surface area contributed by atoms with Crippen LogP contribution in [0, 0.1) is 0 Å². The number of fused-ring (bicyclic) bond motifs is 5. The summed E-state index contributed by atoms with van der Waals surface area (Å²) in [5.41, 5.74) is 4.26. The lowest BCUT2D eigenvalue weighted by Gasteiger charge is -2.10. The number of aromatic nitrogens is 3. The molecule has 4 heteroatoms. The first-order chi connectivity index (χ1) is 15.4. The van der Waals surface area contributed by atoms with Gasteiger partial charge in [0.1, 0.15) is 12.0 Å². The van der Waals surface area contributed by atoms with E-state index in [1.807, 2.05) is 10.6 Å². The van der Waals surface area contributed by atoms with Crippen LogP contribution < -0.4 is 0 Å². The standard InChI is InChI=1S/C27H17N3O/c1-2-8-19-17-20(14-13-18(19)7-1)25-26(29-15-16-31-27(29)28-25)30-23-11-5-3-9-21(23)22-10-4-6-12-24(22)30/h1-17H. The average molecular weight is 399 g/mol. The van der Waals surface area contributed by atoms with Crippen LogP contribution in [-0.4, -0.2) is 14.0 Å². The molecule has 0 radical (unpaired) electrons. The van der Waals surface area contributed by atoms with E-state index in [0.717, 1.165) is 28.1 Å². The fourth-order valence-corrected chi connectivity index (χ4v) is 4.67. The van der Waals surface area contributed by atoms with Gasteiger partial charge < -0.3 is 4.42 Å². The zero-order valence-corrected chi connectivity index (χ0v) is 16.6. The van der Waals surface area contributed by atoms with Crippen LogP contribution in [0.3, 0.4) is 0 Å². The highest BCUT2D eigenvalue weighted by Crippen LogP contribution is 2.37. The molecule has 0 saturated heterocycles. The van der Waals surface area contributed by atoms with Gasteiger partial charge >= 0.3 is 5.84 Å². The molecule has 4 nitrogen and oxygen atoms in total. The fourth-order valence-electron chi connectivity index (χ4n) is 4.67. The van der Waals surface area contributed by atoms with Crippen LogP contribution in [-0.2, 0) is 0 Å². The van der Waals surface area contributed by atoms with E-state index in [2.05, 4.69) is 95.6 Å². The summed E-state index contributed by atoms with van der Waals surface area (Å²) in [7, 11) is 0. The Hall–Kier alpha value is -4.31. The van der Waals surface area contributed by atoms with Gasteiger partial charge in [0.25, 0.3) is 0 Å². The molecule has 0 amide bonds. The molecule has 3 heterocycles. The van der Waals surface area contributed by atoms with Crippen molar-refractivity contribution in [3.63, 3.8) is 0 Å². The molecular formula is C27H17N3O. The van der Waals surface area contributed by atoms with Crippen molar-refractivity contribution in [2.75, 3.05) is 0 Å².